The Morgan fingerprint density at radius 1 is 0.765 bits per heavy atom. The van der Waals surface area contributed by atoms with Crippen molar-refractivity contribution in [1.29, 1.82) is 0 Å². The first-order valence-corrected chi connectivity index (χ1v) is 5.48. The molecule has 17 heavy (non-hydrogen) atoms. The average Bonchev–Trinajstić information content (AvgIpc) is 2.74. The Hall–Kier alpha value is -2.22. The molecule has 0 radical (unpaired) electrons. The molecule has 0 bridgehead atoms. The summed E-state index contributed by atoms with van der Waals surface area (Å²) in [5, 5.41) is 0. The maximum absolute atomic E-state index is 10.7. The van der Waals surface area contributed by atoms with Gasteiger partial charge in [0, 0.05) is 11.1 Å². The third-order valence-corrected chi connectivity index (χ3v) is 3.20. The largest absolute Gasteiger partial charge is 0.298 e. The molecule has 0 unspecified atom stereocenters. The van der Waals surface area contributed by atoms with Crippen LogP contribution in [-0.2, 0) is 6.42 Å². The fourth-order valence-corrected chi connectivity index (χ4v) is 2.40. The third kappa shape index (κ3) is 1.49. The fraction of sp³-hybridized carbons (Fsp3) is 0.0667. The van der Waals surface area contributed by atoms with E-state index in [9.17, 15) is 9.59 Å². The lowest BCUT2D eigenvalue weighted by Gasteiger charge is -2.01. The highest BCUT2D eigenvalue weighted by atomic mass is 16.1. The average molecular weight is 222 g/mol. The molecule has 1 aliphatic rings. The van der Waals surface area contributed by atoms with Crippen LogP contribution in [0.1, 0.15) is 31.8 Å². The van der Waals surface area contributed by atoms with Gasteiger partial charge in [-0.25, -0.2) is 0 Å². The van der Waals surface area contributed by atoms with E-state index in [1.165, 1.54) is 11.1 Å². The van der Waals surface area contributed by atoms with E-state index in [0.717, 1.165) is 30.1 Å². The molecule has 0 N–H and O–H groups in total. The van der Waals surface area contributed by atoms with Crippen LogP contribution in [0.3, 0.4) is 0 Å². The van der Waals surface area contributed by atoms with Gasteiger partial charge in [0.05, 0.1) is 0 Å². The van der Waals surface area contributed by atoms with Crippen LogP contribution in [0.15, 0.2) is 36.4 Å². The molecule has 2 nitrogen and oxygen atoms in total. The maximum Gasteiger partial charge on any atom is 0.150 e. The van der Waals surface area contributed by atoms with Crippen molar-refractivity contribution in [3.05, 3.63) is 58.7 Å². The molecule has 0 heterocycles. The van der Waals surface area contributed by atoms with Gasteiger partial charge in [0.2, 0.25) is 0 Å². The number of aldehydes is 2. The van der Waals surface area contributed by atoms with E-state index < -0.39 is 0 Å². The van der Waals surface area contributed by atoms with Gasteiger partial charge in [-0.3, -0.25) is 9.59 Å². The van der Waals surface area contributed by atoms with Crippen LogP contribution in [0.2, 0.25) is 0 Å². The monoisotopic (exact) mass is 222 g/mol. The highest BCUT2D eigenvalue weighted by Crippen LogP contribution is 2.37. The van der Waals surface area contributed by atoms with E-state index in [0.29, 0.717) is 11.1 Å². The number of rotatable bonds is 2. The first-order valence-electron chi connectivity index (χ1n) is 5.48. The molecular weight excluding hydrogens is 212 g/mol. The molecule has 0 fully saturated rings. The quantitative estimate of drug-likeness (QED) is 0.625. The second-order valence-electron chi connectivity index (χ2n) is 4.25. The number of carbonyl (C=O) groups is 2. The summed E-state index contributed by atoms with van der Waals surface area (Å²) < 4.78 is 0. The summed E-state index contributed by atoms with van der Waals surface area (Å²) in [4.78, 5) is 21.5. The first kappa shape index (κ1) is 9.97. The molecule has 2 aromatic carbocycles. The van der Waals surface area contributed by atoms with Crippen molar-refractivity contribution < 1.29 is 9.59 Å². The van der Waals surface area contributed by atoms with Crippen molar-refractivity contribution in [2.24, 2.45) is 0 Å². The van der Waals surface area contributed by atoms with Gasteiger partial charge in [0.15, 0.2) is 0 Å². The molecule has 2 heteroatoms. The second kappa shape index (κ2) is 3.67. The van der Waals surface area contributed by atoms with Crippen LogP contribution < -0.4 is 0 Å². The Labute approximate surface area is 98.9 Å². The lowest BCUT2D eigenvalue weighted by molar-refractivity contribution is 0.111. The highest BCUT2D eigenvalue weighted by Gasteiger charge is 2.18. The molecule has 0 amide bonds. The van der Waals surface area contributed by atoms with E-state index in [1.54, 1.807) is 0 Å². The van der Waals surface area contributed by atoms with Gasteiger partial charge < -0.3 is 0 Å². The molecule has 0 aliphatic heterocycles. The minimum absolute atomic E-state index is 0.701. The number of hydrogen-bond donors (Lipinski definition) is 0. The first-order chi connectivity index (χ1) is 8.31. The Bertz CT molecular complexity index is 571. The van der Waals surface area contributed by atoms with Crippen molar-refractivity contribution in [1.82, 2.24) is 0 Å². The van der Waals surface area contributed by atoms with Crippen molar-refractivity contribution in [3.8, 4) is 11.1 Å². The predicted octanol–water partition coefficient (Wildman–Crippen LogP) is 2.88. The molecule has 0 atom stereocenters. The van der Waals surface area contributed by atoms with Crippen LogP contribution in [-0.4, -0.2) is 12.6 Å². The molecule has 3 rings (SSSR count). The molecule has 0 saturated heterocycles. The molecule has 0 spiro atoms. The lowest BCUT2D eigenvalue weighted by Crippen LogP contribution is -1.85. The summed E-state index contributed by atoms with van der Waals surface area (Å²) in [6, 6.07) is 11.5. The number of hydrogen-bond acceptors (Lipinski definition) is 2. The van der Waals surface area contributed by atoms with Crippen molar-refractivity contribution in [3.63, 3.8) is 0 Å². The van der Waals surface area contributed by atoms with Crippen LogP contribution in [0.4, 0.5) is 0 Å². The Morgan fingerprint density at radius 3 is 1.65 bits per heavy atom. The SMILES string of the molecule is O=Cc1ccc2c(c1)Cc1cc(C=O)ccc1-2. The van der Waals surface area contributed by atoms with E-state index in [1.807, 2.05) is 36.4 Å². The van der Waals surface area contributed by atoms with E-state index >= 15 is 0 Å². The van der Waals surface area contributed by atoms with E-state index in [4.69, 9.17) is 0 Å². The summed E-state index contributed by atoms with van der Waals surface area (Å²) in [5.74, 6) is 0. The minimum atomic E-state index is 0.701. The van der Waals surface area contributed by atoms with Gasteiger partial charge in [-0.15, -0.1) is 0 Å². The van der Waals surface area contributed by atoms with Crippen molar-refractivity contribution in [2.45, 2.75) is 6.42 Å². The highest BCUT2D eigenvalue weighted by molar-refractivity contribution is 5.85. The molecule has 1 aliphatic carbocycles. The lowest BCUT2D eigenvalue weighted by atomic mass is 10.0. The Kier molecular flexibility index (Phi) is 2.15. The van der Waals surface area contributed by atoms with Crippen LogP contribution in [0, 0.1) is 0 Å². The smallest absolute Gasteiger partial charge is 0.150 e. The Morgan fingerprint density at radius 2 is 1.24 bits per heavy atom. The number of fused-ring (bicyclic) bond motifs is 3. The van der Waals surface area contributed by atoms with Crippen molar-refractivity contribution >= 4 is 12.6 Å². The molecule has 2 aromatic rings. The molecule has 0 aromatic heterocycles. The van der Waals surface area contributed by atoms with Gasteiger partial charge in [0.25, 0.3) is 0 Å². The summed E-state index contributed by atoms with van der Waals surface area (Å²) >= 11 is 0. The zero-order chi connectivity index (χ0) is 11.8. The van der Waals surface area contributed by atoms with Gasteiger partial charge in [-0.2, -0.15) is 0 Å². The second-order valence-corrected chi connectivity index (χ2v) is 4.25. The third-order valence-electron chi connectivity index (χ3n) is 3.20. The zero-order valence-electron chi connectivity index (χ0n) is 9.14. The van der Waals surface area contributed by atoms with Crippen LogP contribution >= 0.6 is 0 Å². The standard InChI is InChI=1S/C15H10O2/c16-8-10-1-3-14-12(5-10)7-13-6-11(9-17)2-4-15(13)14/h1-6,8-9H,7H2. The normalized spacial score (nSPS) is 11.8. The van der Waals surface area contributed by atoms with Crippen LogP contribution in [0.25, 0.3) is 11.1 Å². The number of benzene rings is 2. The van der Waals surface area contributed by atoms with Gasteiger partial charge >= 0.3 is 0 Å². The maximum atomic E-state index is 10.7. The molecule has 82 valence electrons. The molecular formula is C15H10O2. The summed E-state index contributed by atoms with van der Waals surface area (Å²) in [5.41, 5.74) is 6.06. The fourth-order valence-electron chi connectivity index (χ4n) is 2.40. The van der Waals surface area contributed by atoms with E-state index in [2.05, 4.69) is 0 Å². The zero-order valence-corrected chi connectivity index (χ0v) is 9.14. The van der Waals surface area contributed by atoms with Gasteiger partial charge in [-0.05, 0) is 40.8 Å². The topological polar surface area (TPSA) is 34.1 Å². The van der Waals surface area contributed by atoms with Crippen molar-refractivity contribution in [2.75, 3.05) is 0 Å². The Balaban J connectivity index is 2.16. The molecule has 0 saturated carbocycles. The number of carbonyl (C=O) groups excluding carboxylic acids is 2. The van der Waals surface area contributed by atoms with Crippen LogP contribution in [0.5, 0.6) is 0 Å². The summed E-state index contributed by atoms with van der Waals surface area (Å²) in [6.45, 7) is 0. The predicted molar refractivity (Wildman–Crippen MR) is 65.5 cm³/mol. The van der Waals surface area contributed by atoms with E-state index in [-0.39, 0.29) is 0 Å². The van der Waals surface area contributed by atoms with Gasteiger partial charge in [-0.1, -0.05) is 24.3 Å². The minimum Gasteiger partial charge on any atom is -0.298 e. The summed E-state index contributed by atoms with van der Waals surface area (Å²) in [6.07, 6.45) is 2.52. The summed E-state index contributed by atoms with van der Waals surface area (Å²) in [7, 11) is 0. The van der Waals surface area contributed by atoms with Gasteiger partial charge in [0.1, 0.15) is 12.6 Å².